The van der Waals surface area contributed by atoms with Crippen LogP contribution in [-0.2, 0) is 4.74 Å². The van der Waals surface area contributed by atoms with E-state index in [1.807, 2.05) is 0 Å². The lowest BCUT2D eigenvalue weighted by Crippen LogP contribution is -2.17. The Bertz CT molecular complexity index is 313. The van der Waals surface area contributed by atoms with Gasteiger partial charge in [0.05, 0.1) is 5.54 Å². The zero-order valence-electron chi connectivity index (χ0n) is 15.6. The highest BCUT2D eigenvalue weighted by Crippen LogP contribution is 2.20. The summed E-state index contributed by atoms with van der Waals surface area (Å²) in [6, 6.07) is 0. The van der Waals surface area contributed by atoms with Gasteiger partial charge in [-0.05, 0) is 26.7 Å². The largest absolute Gasteiger partial charge is 0.478 e. The van der Waals surface area contributed by atoms with E-state index in [1.165, 1.54) is 77.0 Å². The van der Waals surface area contributed by atoms with Crippen LogP contribution in [0, 0.1) is 0 Å². The van der Waals surface area contributed by atoms with E-state index in [-0.39, 0.29) is 5.54 Å². The summed E-state index contributed by atoms with van der Waals surface area (Å²) in [5, 5.41) is 8.71. The van der Waals surface area contributed by atoms with E-state index in [1.54, 1.807) is 0 Å². The molecule has 136 valence electrons. The molecule has 0 amide bonds. The summed E-state index contributed by atoms with van der Waals surface area (Å²) >= 11 is 0. The molecule has 3 nitrogen and oxygen atoms in total. The zero-order valence-corrected chi connectivity index (χ0v) is 15.6. The van der Waals surface area contributed by atoms with Crippen molar-refractivity contribution in [1.29, 1.82) is 0 Å². The average molecular weight is 326 g/mol. The molecule has 0 fully saturated rings. The van der Waals surface area contributed by atoms with E-state index in [4.69, 9.17) is 9.84 Å². The molecule has 0 saturated heterocycles. The fourth-order valence-corrected chi connectivity index (χ4v) is 3.12. The van der Waals surface area contributed by atoms with Crippen molar-refractivity contribution < 1.29 is 9.84 Å². The van der Waals surface area contributed by atoms with Crippen LogP contribution in [0.25, 0.3) is 0 Å². The van der Waals surface area contributed by atoms with Crippen LogP contribution in [0.4, 0.5) is 0 Å². The molecule has 0 spiro atoms. The third-order valence-electron chi connectivity index (χ3n) is 4.57. The van der Waals surface area contributed by atoms with Gasteiger partial charge in [0.2, 0.25) is 0 Å². The first-order chi connectivity index (χ1) is 11.1. The second-order valence-electron chi connectivity index (χ2n) is 7.68. The summed E-state index contributed by atoms with van der Waals surface area (Å²) in [6.45, 7) is 5.38. The zero-order chi connectivity index (χ0) is 16.8. The molecule has 0 saturated carbocycles. The van der Waals surface area contributed by atoms with E-state index >= 15 is 0 Å². The van der Waals surface area contributed by atoms with Crippen molar-refractivity contribution in [2.45, 2.75) is 109 Å². The molecule has 0 aromatic carbocycles. The number of aliphatic imine (C=N–C) groups is 1. The number of nitrogens with zero attached hydrogens (tertiary/aromatic N) is 1. The number of aliphatic hydroxyl groups is 1. The van der Waals surface area contributed by atoms with E-state index < -0.39 is 0 Å². The Morgan fingerprint density at radius 2 is 1.22 bits per heavy atom. The van der Waals surface area contributed by atoms with Gasteiger partial charge in [0.25, 0.3) is 0 Å². The van der Waals surface area contributed by atoms with Crippen LogP contribution in [0.5, 0.6) is 0 Å². The van der Waals surface area contributed by atoms with Crippen molar-refractivity contribution in [3.05, 3.63) is 0 Å². The predicted octanol–water partition coefficient (Wildman–Crippen LogP) is 5.65. The lowest BCUT2D eigenvalue weighted by Gasteiger charge is -2.07. The molecule has 1 N–H and O–H groups in total. The number of unbranched alkanes of at least 4 members (excludes halogenated alkanes) is 12. The molecule has 0 bridgehead atoms. The highest BCUT2D eigenvalue weighted by Gasteiger charge is 2.25. The summed E-state index contributed by atoms with van der Waals surface area (Å²) in [4.78, 5) is 4.60. The topological polar surface area (TPSA) is 41.8 Å². The molecule has 0 radical (unpaired) electrons. The molecule has 0 atom stereocenters. The predicted molar refractivity (Wildman–Crippen MR) is 99.2 cm³/mol. The van der Waals surface area contributed by atoms with Crippen molar-refractivity contribution in [2.24, 2.45) is 4.99 Å². The molecular formula is C20H39NO2. The molecule has 0 aliphatic carbocycles. The van der Waals surface area contributed by atoms with Crippen LogP contribution in [0.1, 0.15) is 104 Å². The third-order valence-corrected chi connectivity index (χ3v) is 4.57. The van der Waals surface area contributed by atoms with Crippen molar-refractivity contribution >= 4 is 5.90 Å². The third kappa shape index (κ3) is 11.6. The quantitative estimate of drug-likeness (QED) is 0.395. The normalized spacial score (nSPS) is 16.4. The second kappa shape index (κ2) is 12.8. The molecule has 0 aromatic rings. The molecule has 1 aliphatic rings. The maximum atomic E-state index is 8.71. The molecule has 1 aliphatic heterocycles. The van der Waals surface area contributed by atoms with Crippen molar-refractivity contribution in [1.82, 2.24) is 0 Å². The summed E-state index contributed by atoms with van der Waals surface area (Å²) in [5.74, 6) is 0.981. The van der Waals surface area contributed by atoms with Gasteiger partial charge in [-0.2, -0.15) is 0 Å². The van der Waals surface area contributed by atoms with Crippen molar-refractivity contribution in [2.75, 3.05) is 13.2 Å². The van der Waals surface area contributed by atoms with Gasteiger partial charge in [0.15, 0.2) is 5.90 Å². The van der Waals surface area contributed by atoms with Crippen LogP contribution >= 0.6 is 0 Å². The van der Waals surface area contributed by atoms with Gasteiger partial charge in [-0.15, -0.1) is 0 Å². The van der Waals surface area contributed by atoms with Gasteiger partial charge in [-0.25, -0.2) is 4.99 Å². The first-order valence-electron chi connectivity index (χ1n) is 9.96. The molecule has 0 aromatic heterocycles. The lowest BCUT2D eigenvalue weighted by molar-refractivity contribution is 0.273. The van der Waals surface area contributed by atoms with Gasteiger partial charge < -0.3 is 9.84 Å². The smallest absolute Gasteiger partial charge is 0.183 e. The van der Waals surface area contributed by atoms with E-state index in [0.717, 1.165) is 25.3 Å². The van der Waals surface area contributed by atoms with Gasteiger partial charge in [0.1, 0.15) is 6.61 Å². The monoisotopic (exact) mass is 325 g/mol. The fraction of sp³-hybridized carbons (Fsp3) is 0.950. The van der Waals surface area contributed by atoms with Crippen molar-refractivity contribution in [3.63, 3.8) is 0 Å². The van der Waals surface area contributed by atoms with E-state index in [0.29, 0.717) is 6.61 Å². The molecule has 0 unspecified atom stereocenters. The Hall–Kier alpha value is -0.570. The first kappa shape index (κ1) is 20.5. The second-order valence-corrected chi connectivity index (χ2v) is 7.68. The fourth-order valence-electron chi connectivity index (χ4n) is 3.12. The number of rotatable bonds is 15. The Balaban J connectivity index is 1.75. The number of hydrogen-bond donors (Lipinski definition) is 1. The molecule has 23 heavy (non-hydrogen) atoms. The minimum Gasteiger partial charge on any atom is -0.478 e. The van der Waals surface area contributed by atoms with Gasteiger partial charge in [-0.1, -0.05) is 70.6 Å². The maximum Gasteiger partial charge on any atom is 0.183 e. The molecule has 3 heteroatoms. The SMILES string of the molecule is CC1(C)COC(CCCCCCCCCCCCCCCO)=N1. The van der Waals surface area contributed by atoms with Gasteiger partial charge in [0, 0.05) is 13.0 Å². The number of aliphatic hydroxyl groups excluding tert-OH is 1. The number of hydrogen-bond acceptors (Lipinski definition) is 3. The Kier molecular flexibility index (Phi) is 11.4. The Morgan fingerprint density at radius 1 is 0.783 bits per heavy atom. The summed E-state index contributed by atoms with van der Waals surface area (Å²) < 4.78 is 5.62. The van der Waals surface area contributed by atoms with Crippen LogP contribution < -0.4 is 0 Å². The van der Waals surface area contributed by atoms with Gasteiger partial charge >= 0.3 is 0 Å². The molecule has 1 heterocycles. The Labute approximate surface area is 143 Å². The highest BCUT2D eigenvalue weighted by atomic mass is 16.5. The highest BCUT2D eigenvalue weighted by molar-refractivity contribution is 5.78. The van der Waals surface area contributed by atoms with Crippen LogP contribution in [0.3, 0.4) is 0 Å². The molecule has 1 rings (SSSR count). The van der Waals surface area contributed by atoms with Gasteiger partial charge in [-0.3, -0.25) is 0 Å². The number of ether oxygens (including phenoxy) is 1. The van der Waals surface area contributed by atoms with E-state index in [9.17, 15) is 0 Å². The standard InChI is InChI=1S/C20H39NO2/c1-20(2)18-23-19(21-20)16-14-12-10-8-6-4-3-5-7-9-11-13-15-17-22/h22H,3-18H2,1-2H3. The van der Waals surface area contributed by atoms with Crippen LogP contribution in [0.15, 0.2) is 4.99 Å². The minimum atomic E-state index is 0.00810. The first-order valence-corrected chi connectivity index (χ1v) is 9.96. The summed E-state index contributed by atoms with van der Waals surface area (Å²) in [6.07, 6.45) is 18.1. The lowest BCUT2D eigenvalue weighted by atomic mass is 10.0. The maximum absolute atomic E-state index is 8.71. The summed E-state index contributed by atoms with van der Waals surface area (Å²) in [7, 11) is 0. The van der Waals surface area contributed by atoms with Crippen LogP contribution in [0.2, 0.25) is 0 Å². The molecular weight excluding hydrogens is 286 g/mol. The van der Waals surface area contributed by atoms with Crippen LogP contribution in [-0.4, -0.2) is 29.8 Å². The summed E-state index contributed by atoms with van der Waals surface area (Å²) in [5.41, 5.74) is 0.00810. The Morgan fingerprint density at radius 3 is 1.61 bits per heavy atom. The van der Waals surface area contributed by atoms with E-state index in [2.05, 4.69) is 18.8 Å². The van der Waals surface area contributed by atoms with Crippen molar-refractivity contribution in [3.8, 4) is 0 Å². The minimum absolute atomic E-state index is 0.00810. The average Bonchev–Trinajstić information content (AvgIpc) is 2.87.